The van der Waals surface area contributed by atoms with Crippen molar-refractivity contribution >= 4 is 34.7 Å². The van der Waals surface area contributed by atoms with E-state index in [-0.39, 0.29) is 34.1 Å². The van der Waals surface area contributed by atoms with E-state index < -0.39 is 23.5 Å². The molecule has 8 nitrogen and oxygen atoms in total. The van der Waals surface area contributed by atoms with Gasteiger partial charge in [0, 0.05) is 22.6 Å². The number of imide groups is 1. The van der Waals surface area contributed by atoms with E-state index in [9.17, 15) is 24.5 Å². The van der Waals surface area contributed by atoms with Crippen molar-refractivity contribution in [2.75, 3.05) is 6.73 Å². The molecule has 0 spiro atoms. The van der Waals surface area contributed by atoms with E-state index in [1.54, 1.807) is 0 Å². The summed E-state index contributed by atoms with van der Waals surface area (Å²) in [7, 11) is 0. The third-order valence-electron chi connectivity index (χ3n) is 3.44. The fraction of sp³-hybridized carbons (Fsp3) is 0.0714. The molecule has 0 atom stereocenters. The van der Waals surface area contributed by atoms with Gasteiger partial charge in [-0.05, 0) is 18.2 Å². The number of benzene rings is 2. The van der Waals surface area contributed by atoms with Gasteiger partial charge in [0.1, 0.15) is 0 Å². The lowest BCUT2D eigenvalue weighted by molar-refractivity contribution is -0.383. The fourth-order valence-corrected chi connectivity index (χ4v) is 2.51. The quantitative estimate of drug-likeness (QED) is 0.366. The molecule has 0 unspecified atom stereocenters. The summed E-state index contributed by atoms with van der Waals surface area (Å²) >= 11 is 0. The molecule has 0 N–H and O–H groups in total. The molecule has 2 amide bonds. The first-order valence-electron chi connectivity index (χ1n) is 6.18. The molecule has 0 bridgehead atoms. The van der Waals surface area contributed by atoms with Crippen molar-refractivity contribution < 1.29 is 24.0 Å². The molecule has 0 radical (unpaired) electrons. The molecule has 22 heavy (non-hydrogen) atoms. The van der Waals surface area contributed by atoms with Crippen molar-refractivity contribution in [3.8, 4) is 0 Å². The molecule has 1 aliphatic heterocycles. The molecular weight excluding hydrogens is 292 g/mol. The molecule has 1 heterocycles. The Labute approximate surface area is 123 Å². The highest BCUT2D eigenvalue weighted by molar-refractivity contribution is 6.26. The maximum Gasteiger partial charge on any atom is 0.294 e. The summed E-state index contributed by atoms with van der Waals surface area (Å²) in [5.74, 6) is -1.32. The zero-order valence-electron chi connectivity index (χ0n) is 11.0. The number of amides is 2. The van der Waals surface area contributed by atoms with Gasteiger partial charge in [0.2, 0.25) is 0 Å². The van der Waals surface area contributed by atoms with E-state index >= 15 is 0 Å². The van der Waals surface area contributed by atoms with Gasteiger partial charge >= 0.3 is 0 Å². The van der Waals surface area contributed by atoms with Gasteiger partial charge in [-0.3, -0.25) is 24.5 Å². The Hall–Kier alpha value is -3.29. The highest BCUT2D eigenvalue weighted by atomic mass is 16.6. The normalized spacial score (nSPS) is 13.4. The molecule has 0 saturated heterocycles. The van der Waals surface area contributed by atoms with E-state index in [0.29, 0.717) is 0 Å². The van der Waals surface area contributed by atoms with Crippen molar-refractivity contribution in [3.63, 3.8) is 0 Å². The number of nitro benzene ring substituents is 1. The Morgan fingerprint density at radius 3 is 2.45 bits per heavy atom. The second kappa shape index (κ2) is 4.92. The molecule has 110 valence electrons. The first-order chi connectivity index (χ1) is 10.6. The molecule has 0 saturated carbocycles. The van der Waals surface area contributed by atoms with Crippen molar-refractivity contribution in [1.29, 1.82) is 0 Å². The predicted molar refractivity (Wildman–Crippen MR) is 73.1 cm³/mol. The second-order valence-corrected chi connectivity index (χ2v) is 4.55. The van der Waals surface area contributed by atoms with Gasteiger partial charge in [0.05, 0.1) is 10.3 Å². The third kappa shape index (κ3) is 1.81. The van der Waals surface area contributed by atoms with E-state index in [0.717, 1.165) is 4.90 Å². The fourth-order valence-electron chi connectivity index (χ4n) is 2.51. The van der Waals surface area contributed by atoms with E-state index in [2.05, 4.69) is 4.74 Å². The maximum absolute atomic E-state index is 12.3. The molecule has 1 aliphatic rings. The van der Waals surface area contributed by atoms with Gasteiger partial charge in [-0.25, -0.2) is 4.90 Å². The largest absolute Gasteiger partial charge is 0.446 e. The van der Waals surface area contributed by atoms with Crippen LogP contribution in [0, 0.1) is 10.1 Å². The minimum absolute atomic E-state index is 0.131. The van der Waals surface area contributed by atoms with Gasteiger partial charge in [-0.1, -0.05) is 6.07 Å². The highest BCUT2D eigenvalue weighted by Gasteiger charge is 2.34. The van der Waals surface area contributed by atoms with Crippen LogP contribution in [0.1, 0.15) is 20.7 Å². The molecule has 0 aliphatic carbocycles. The van der Waals surface area contributed by atoms with Crippen LogP contribution in [-0.4, -0.2) is 34.8 Å². The molecule has 0 fully saturated rings. The lowest BCUT2D eigenvalue weighted by Gasteiger charge is -2.25. The zero-order chi connectivity index (χ0) is 15.9. The first-order valence-corrected chi connectivity index (χ1v) is 6.18. The average molecular weight is 300 g/mol. The monoisotopic (exact) mass is 300 g/mol. The topological polar surface area (TPSA) is 107 Å². The van der Waals surface area contributed by atoms with Crippen LogP contribution in [0.3, 0.4) is 0 Å². The molecule has 2 aromatic rings. The SMILES string of the molecule is O=COCN1C(=O)c2cccc3c([N+](=O)[O-])ccc(c23)C1=O. The Bertz CT molecular complexity index is 822. The molecule has 0 aromatic heterocycles. The number of nitro groups is 1. The van der Waals surface area contributed by atoms with Crippen LogP contribution in [-0.2, 0) is 9.53 Å². The van der Waals surface area contributed by atoms with E-state index in [4.69, 9.17) is 0 Å². The number of nitrogens with zero attached hydrogens (tertiary/aromatic N) is 2. The van der Waals surface area contributed by atoms with E-state index in [1.807, 2.05) is 0 Å². The van der Waals surface area contributed by atoms with Crippen molar-refractivity contribution in [1.82, 2.24) is 4.90 Å². The van der Waals surface area contributed by atoms with Crippen LogP contribution in [0.4, 0.5) is 5.69 Å². The minimum Gasteiger partial charge on any atom is -0.446 e. The lowest BCUT2D eigenvalue weighted by atomic mass is 9.93. The van der Waals surface area contributed by atoms with Crippen LogP contribution in [0.5, 0.6) is 0 Å². The van der Waals surface area contributed by atoms with E-state index in [1.165, 1.54) is 30.3 Å². The van der Waals surface area contributed by atoms with Crippen molar-refractivity contribution in [2.45, 2.75) is 0 Å². The van der Waals surface area contributed by atoms with Gasteiger partial charge in [0.25, 0.3) is 24.0 Å². The highest BCUT2D eigenvalue weighted by Crippen LogP contribution is 2.35. The summed E-state index contributed by atoms with van der Waals surface area (Å²) in [5, 5.41) is 11.5. The molecular formula is C14H8N2O6. The Morgan fingerprint density at radius 1 is 1.14 bits per heavy atom. The summed E-state index contributed by atoms with van der Waals surface area (Å²) in [4.78, 5) is 46.2. The van der Waals surface area contributed by atoms with Gasteiger partial charge < -0.3 is 4.74 Å². The van der Waals surface area contributed by atoms with Gasteiger partial charge in [0.15, 0.2) is 6.73 Å². The Balaban J connectivity index is 2.28. The van der Waals surface area contributed by atoms with Crippen molar-refractivity contribution in [3.05, 3.63) is 51.6 Å². The number of ether oxygens (including phenoxy) is 1. The summed E-state index contributed by atoms with van der Waals surface area (Å²) in [6, 6.07) is 6.97. The van der Waals surface area contributed by atoms with Gasteiger partial charge in [-0.2, -0.15) is 0 Å². The molecule has 2 aromatic carbocycles. The predicted octanol–water partition coefficient (Wildman–Crippen LogP) is 1.47. The molecule has 8 heteroatoms. The lowest BCUT2D eigenvalue weighted by Crippen LogP contribution is -2.41. The van der Waals surface area contributed by atoms with Crippen LogP contribution in [0.2, 0.25) is 0 Å². The van der Waals surface area contributed by atoms with Crippen molar-refractivity contribution in [2.24, 2.45) is 0 Å². The van der Waals surface area contributed by atoms with Crippen LogP contribution in [0.25, 0.3) is 10.8 Å². The number of carbonyl (C=O) groups is 3. The summed E-state index contributed by atoms with van der Waals surface area (Å²) < 4.78 is 4.48. The first kappa shape index (κ1) is 13.7. The Kier molecular flexibility index (Phi) is 3.06. The van der Waals surface area contributed by atoms with Gasteiger partial charge in [-0.15, -0.1) is 0 Å². The number of hydrogen-bond donors (Lipinski definition) is 0. The number of non-ortho nitro benzene ring substituents is 1. The van der Waals surface area contributed by atoms with Crippen LogP contribution < -0.4 is 0 Å². The summed E-state index contributed by atoms with van der Waals surface area (Å²) in [6.45, 7) is -0.375. The summed E-state index contributed by atoms with van der Waals surface area (Å²) in [6.07, 6.45) is 0. The van der Waals surface area contributed by atoms with Crippen LogP contribution >= 0.6 is 0 Å². The second-order valence-electron chi connectivity index (χ2n) is 4.55. The molecule has 3 rings (SSSR count). The smallest absolute Gasteiger partial charge is 0.294 e. The third-order valence-corrected chi connectivity index (χ3v) is 3.44. The summed E-state index contributed by atoms with van der Waals surface area (Å²) in [5.41, 5.74) is 0.134. The standard InChI is InChI=1S/C14H8N2O6/c17-7-22-6-15-13(18)9-3-1-2-8-11(16(20)21)5-4-10(12(8)9)14(15)19/h1-5,7H,6H2. The number of rotatable bonds is 4. The number of carbonyl (C=O) groups excluding carboxylic acids is 3. The van der Waals surface area contributed by atoms with Crippen LogP contribution in [0.15, 0.2) is 30.3 Å². The number of hydrogen-bond acceptors (Lipinski definition) is 6. The maximum atomic E-state index is 12.3. The Morgan fingerprint density at radius 2 is 1.82 bits per heavy atom. The average Bonchev–Trinajstić information content (AvgIpc) is 2.51. The zero-order valence-corrected chi connectivity index (χ0v) is 11.0. The minimum atomic E-state index is -0.662.